The van der Waals surface area contributed by atoms with Crippen LogP contribution in [0, 0.1) is 0 Å². The van der Waals surface area contributed by atoms with Gasteiger partial charge in [-0.3, -0.25) is 0 Å². The number of hydrogen-bond donors (Lipinski definition) is 0. The number of anilines is 1. The summed E-state index contributed by atoms with van der Waals surface area (Å²) in [4.78, 5) is 6.38. The molecule has 0 aliphatic rings. The molecule has 1 aromatic carbocycles. The average molecular weight is 256 g/mol. The molecule has 0 radical (unpaired) electrons. The molecule has 2 aromatic rings. The number of benzene rings is 1. The first kappa shape index (κ1) is 13.3. The molecule has 0 aliphatic carbocycles. The highest BCUT2D eigenvalue weighted by Crippen LogP contribution is 2.13. The predicted octanol–water partition coefficient (Wildman–Crippen LogP) is 2.95. The van der Waals surface area contributed by atoms with E-state index in [2.05, 4.69) is 53.1 Å². The lowest BCUT2D eigenvalue weighted by molar-refractivity contribution is 0.701. The maximum Gasteiger partial charge on any atom is 0.132 e. The minimum absolute atomic E-state index is 0.364. The summed E-state index contributed by atoms with van der Waals surface area (Å²) >= 11 is 0. The summed E-state index contributed by atoms with van der Waals surface area (Å²) in [5.74, 6) is 1.34. The van der Waals surface area contributed by atoms with Gasteiger partial charge in [0.25, 0.3) is 0 Å². The van der Waals surface area contributed by atoms with E-state index in [1.165, 1.54) is 5.69 Å². The maximum atomic E-state index is 4.45. The molecular formula is C15H20N4. The summed E-state index contributed by atoms with van der Waals surface area (Å²) in [6, 6.07) is 8.28. The molecule has 4 nitrogen and oxygen atoms in total. The molecule has 0 fully saturated rings. The first-order chi connectivity index (χ1) is 9.08. The minimum Gasteiger partial charge on any atom is -0.378 e. The summed E-state index contributed by atoms with van der Waals surface area (Å²) in [5, 5.41) is 4.45. The van der Waals surface area contributed by atoms with Crippen molar-refractivity contribution in [3.63, 3.8) is 0 Å². The number of nitrogens with zero attached hydrogens (tertiary/aromatic N) is 4. The quantitative estimate of drug-likeness (QED) is 0.788. The molecule has 1 heterocycles. The van der Waals surface area contributed by atoms with E-state index in [0.29, 0.717) is 5.92 Å². The molecule has 0 amide bonds. The third-order valence-corrected chi connectivity index (χ3v) is 2.91. The third kappa shape index (κ3) is 3.22. The van der Waals surface area contributed by atoms with E-state index in [9.17, 15) is 0 Å². The first-order valence-corrected chi connectivity index (χ1v) is 6.43. The van der Waals surface area contributed by atoms with Crippen molar-refractivity contribution in [3.8, 4) is 0 Å². The highest BCUT2D eigenvalue weighted by Gasteiger charge is 2.05. The SMILES string of the molecule is CC(C)c1nccn1/N=C/c1ccc(N(C)C)cc1. The highest BCUT2D eigenvalue weighted by molar-refractivity contribution is 5.80. The van der Waals surface area contributed by atoms with Crippen molar-refractivity contribution in [2.75, 3.05) is 19.0 Å². The van der Waals surface area contributed by atoms with E-state index in [-0.39, 0.29) is 0 Å². The number of hydrogen-bond acceptors (Lipinski definition) is 3. The van der Waals surface area contributed by atoms with E-state index in [4.69, 9.17) is 0 Å². The first-order valence-electron chi connectivity index (χ1n) is 6.43. The smallest absolute Gasteiger partial charge is 0.132 e. The van der Waals surface area contributed by atoms with Gasteiger partial charge in [0.15, 0.2) is 0 Å². The molecule has 4 heteroatoms. The monoisotopic (exact) mass is 256 g/mol. The second kappa shape index (κ2) is 5.69. The van der Waals surface area contributed by atoms with Gasteiger partial charge in [0, 0.05) is 38.1 Å². The topological polar surface area (TPSA) is 33.4 Å². The van der Waals surface area contributed by atoms with E-state index >= 15 is 0 Å². The Morgan fingerprint density at radius 3 is 2.47 bits per heavy atom. The van der Waals surface area contributed by atoms with Crippen LogP contribution < -0.4 is 4.90 Å². The van der Waals surface area contributed by atoms with Crippen LogP contribution in [0.2, 0.25) is 0 Å². The van der Waals surface area contributed by atoms with Crippen molar-refractivity contribution in [1.82, 2.24) is 9.66 Å². The van der Waals surface area contributed by atoms with E-state index in [1.807, 2.05) is 31.2 Å². The molecule has 0 unspecified atom stereocenters. The molecule has 0 aliphatic heterocycles. The molecule has 1 aromatic heterocycles. The zero-order valence-corrected chi connectivity index (χ0v) is 11.9. The van der Waals surface area contributed by atoms with Crippen LogP contribution in [-0.4, -0.2) is 30.0 Å². The van der Waals surface area contributed by atoms with Crippen molar-refractivity contribution >= 4 is 11.9 Å². The van der Waals surface area contributed by atoms with Gasteiger partial charge in [0.2, 0.25) is 0 Å². The molecule has 0 N–H and O–H groups in total. The molecule has 2 rings (SSSR count). The summed E-state index contributed by atoms with van der Waals surface area (Å²) in [6.07, 6.45) is 5.51. The van der Waals surface area contributed by atoms with E-state index in [1.54, 1.807) is 6.20 Å². The van der Waals surface area contributed by atoms with Gasteiger partial charge in [-0.2, -0.15) is 5.10 Å². The van der Waals surface area contributed by atoms with Gasteiger partial charge in [-0.1, -0.05) is 26.0 Å². The van der Waals surface area contributed by atoms with Gasteiger partial charge in [-0.05, 0) is 17.7 Å². The third-order valence-electron chi connectivity index (χ3n) is 2.91. The zero-order valence-electron chi connectivity index (χ0n) is 11.9. The second-order valence-electron chi connectivity index (χ2n) is 5.02. The lowest BCUT2D eigenvalue weighted by Gasteiger charge is -2.11. The molecule has 19 heavy (non-hydrogen) atoms. The van der Waals surface area contributed by atoms with Crippen LogP contribution in [0.1, 0.15) is 31.2 Å². The normalized spacial score (nSPS) is 11.4. The van der Waals surface area contributed by atoms with Crippen molar-refractivity contribution in [2.24, 2.45) is 5.10 Å². The number of aromatic nitrogens is 2. The van der Waals surface area contributed by atoms with Crippen molar-refractivity contribution < 1.29 is 0 Å². The van der Waals surface area contributed by atoms with Gasteiger partial charge < -0.3 is 4.90 Å². The fourth-order valence-corrected chi connectivity index (χ4v) is 1.81. The van der Waals surface area contributed by atoms with Crippen LogP contribution >= 0.6 is 0 Å². The van der Waals surface area contributed by atoms with Crippen molar-refractivity contribution in [2.45, 2.75) is 19.8 Å². The Hall–Kier alpha value is -2.10. The standard InChI is InChI=1S/C15H20N4/c1-12(2)15-16-9-10-19(15)17-11-13-5-7-14(8-6-13)18(3)4/h5-12H,1-4H3/b17-11+. The van der Waals surface area contributed by atoms with Gasteiger partial charge in [0.1, 0.15) is 5.82 Å². The summed E-state index contributed by atoms with van der Waals surface area (Å²) < 4.78 is 1.82. The largest absolute Gasteiger partial charge is 0.378 e. The van der Waals surface area contributed by atoms with Crippen LogP contribution in [-0.2, 0) is 0 Å². The summed E-state index contributed by atoms with van der Waals surface area (Å²) in [5.41, 5.74) is 2.26. The van der Waals surface area contributed by atoms with Gasteiger partial charge in [0.05, 0.1) is 6.21 Å². The molecule has 0 spiro atoms. The van der Waals surface area contributed by atoms with Crippen LogP contribution in [0.3, 0.4) is 0 Å². The Labute approximate surface area is 114 Å². The minimum atomic E-state index is 0.364. The summed E-state index contributed by atoms with van der Waals surface area (Å²) in [7, 11) is 4.06. The molecule has 0 saturated heterocycles. The lowest BCUT2D eigenvalue weighted by Crippen LogP contribution is -2.08. The Morgan fingerprint density at radius 2 is 1.89 bits per heavy atom. The van der Waals surface area contributed by atoms with Gasteiger partial charge in [-0.25, -0.2) is 9.66 Å². The number of rotatable bonds is 4. The van der Waals surface area contributed by atoms with Gasteiger partial charge >= 0.3 is 0 Å². The fraction of sp³-hybridized carbons (Fsp3) is 0.333. The molecule has 0 atom stereocenters. The maximum absolute atomic E-state index is 4.45. The lowest BCUT2D eigenvalue weighted by atomic mass is 10.2. The van der Waals surface area contributed by atoms with Crippen LogP contribution in [0.25, 0.3) is 0 Å². The van der Waals surface area contributed by atoms with Crippen molar-refractivity contribution in [1.29, 1.82) is 0 Å². The zero-order chi connectivity index (χ0) is 13.8. The van der Waals surface area contributed by atoms with Crippen LogP contribution in [0.4, 0.5) is 5.69 Å². The van der Waals surface area contributed by atoms with Crippen molar-refractivity contribution in [3.05, 3.63) is 48.0 Å². The van der Waals surface area contributed by atoms with E-state index < -0.39 is 0 Å². The van der Waals surface area contributed by atoms with Gasteiger partial charge in [-0.15, -0.1) is 0 Å². The second-order valence-corrected chi connectivity index (χ2v) is 5.02. The summed E-state index contributed by atoms with van der Waals surface area (Å²) in [6.45, 7) is 4.22. The Kier molecular flexibility index (Phi) is 4.00. The van der Waals surface area contributed by atoms with Crippen LogP contribution in [0.15, 0.2) is 41.8 Å². The molecule has 0 bridgehead atoms. The fourth-order valence-electron chi connectivity index (χ4n) is 1.81. The molecule has 100 valence electrons. The van der Waals surface area contributed by atoms with E-state index in [0.717, 1.165) is 11.4 Å². The Balaban J connectivity index is 2.16. The predicted molar refractivity (Wildman–Crippen MR) is 80.1 cm³/mol. The average Bonchev–Trinajstić information content (AvgIpc) is 2.85. The van der Waals surface area contributed by atoms with Crippen LogP contribution in [0.5, 0.6) is 0 Å². The molecular weight excluding hydrogens is 236 g/mol. The Bertz CT molecular complexity index is 550. The molecule has 0 saturated carbocycles. The highest BCUT2D eigenvalue weighted by atomic mass is 15.4. The number of imidazole rings is 1. The Morgan fingerprint density at radius 1 is 1.21 bits per heavy atom.